The fraction of sp³-hybridized carbons (Fsp3) is 0.455. The van der Waals surface area contributed by atoms with Crippen LogP contribution in [0.2, 0.25) is 0 Å². The fourth-order valence-corrected chi connectivity index (χ4v) is 1.71. The van der Waals surface area contributed by atoms with Gasteiger partial charge in [-0.15, -0.1) is 0 Å². The van der Waals surface area contributed by atoms with Crippen LogP contribution in [0.3, 0.4) is 0 Å². The second kappa shape index (κ2) is 4.49. The molecule has 1 aliphatic rings. The van der Waals surface area contributed by atoms with Gasteiger partial charge in [0, 0.05) is 6.07 Å². The van der Waals surface area contributed by atoms with E-state index in [1.54, 1.807) is 6.08 Å². The minimum Gasteiger partial charge on any atom is -0.384 e. The van der Waals surface area contributed by atoms with Crippen LogP contribution in [0.15, 0.2) is 28.9 Å². The first-order valence-corrected chi connectivity index (χ1v) is 5.29. The number of carbonyl (C=O) groups is 1. The third-order valence-electron chi connectivity index (χ3n) is 2.63. The maximum absolute atomic E-state index is 11.5. The largest absolute Gasteiger partial charge is 0.384 e. The van der Waals surface area contributed by atoms with Gasteiger partial charge in [0.15, 0.2) is 0 Å². The van der Waals surface area contributed by atoms with Crippen LogP contribution in [-0.4, -0.2) is 28.3 Å². The summed E-state index contributed by atoms with van der Waals surface area (Å²) in [5.41, 5.74) is -0.923. The van der Waals surface area contributed by atoms with Gasteiger partial charge in [0.1, 0.15) is 0 Å². The molecule has 0 saturated heterocycles. The molecule has 1 heterocycles. The van der Waals surface area contributed by atoms with Gasteiger partial charge in [-0.25, -0.2) is 0 Å². The molecular formula is C11H14N2O3. The van der Waals surface area contributed by atoms with Crippen LogP contribution in [0.5, 0.6) is 0 Å². The number of carbonyl (C=O) groups excluding carboxylic acids is 1. The number of hydrogen-bond donors (Lipinski definition) is 2. The molecule has 0 bridgehead atoms. The molecule has 1 aliphatic carbocycles. The lowest BCUT2D eigenvalue weighted by Crippen LogP contribution is -2.42. The summed E-state index contributed by atoms with van der Waals surface area (Å²) in [6.07, 6.45) is 7.68. The van der Waals surface area contributed by atoms with Crippen LogP contribution in [-0.2, 0) is 0 Å². The number of nitrogens with zero attached hydrogens (tertiary/aromatic N) is 1. The molecule has 1 unspecified atom stereocenters. The topological polar surface area (TPSA) is 75.4 Å². The highest BCUT2D eigenvalue weighted by Gasteiger charge is 2.26. The van der Waals surface area contributed by atoms with E-state index in [1.807, 2.05) is 6.08 Å². The monoisotopic (exact) mass is 222 g/mol. The lowest BCUT2D eigenvalue weighted by molar-refractivity contribution is 0.0645. The van der Waals surface area contributed by atoms with Crippen molar-refractivity contribution in [3.63, 3.8) is 0 Å². The van der Waals surface area contributed by atoms with Gasteiger partial charge in [-0.05, 0) is 19.3 Å². The zero-order chi connectivity index (χ0) is 11.4. The van der Waals surface area contributed by atoms with Gasteiger partial charge in [0.05, 0.1) is 18.3 Å². The van der Waals surface area contributed by atoms with Crippen molar-refractivity contribution in [2.45, 2.75) is 24.9 Å². The van der Waals surface area contributed by atoms with E-state index in [2.05, 4.69) is 10.5 Å². The third-order valence-corrected chi connectivity index (χ3v) is 2.63. The van der Waals surface area contributed by atoms with E-state index < -0.39 is 5.60 Å². The molecule has 0 spiro atoms. The van der Waals surface area contributed by atoms with Crippen LogP contribution < -0.4 is 5.32 Å². The molecule has 1 amide bonds. The molecule has 0 aromatic carbocycles. The SMILES string of the molecule is O=C(NCC1(O)C=CCCC1)c1ccno1. The van der Waals surface area contributed by atoms with Crippen LogP contribution in [0.25, 0.3) is 0 Å². The zero-order valence-electron chi connectivity index (χ0n) is 8.85. The lowest BCUT2D eigenvalue weighted by Gasteiger charge is -2.27. The van der Waals surface area contributed by atoms with Crippen molar-refractivity contribution in [3.8, 4) is 0 Å². The molecule has 2 N–H and O–H groups in total. The quantitative estimate of drug-likeness (QED) is 0.744. The smallest absolute Gasteiger partial charge is 0.290 e. The number of aromatic nitrogens is 1. The Bertz CT molecular complexity index is 386. The molecule has 1 aromatic rings. The number of allylic oxidation sites excluding steroid dienone is 1. The summed E-state index contributed by atoms with van der Waals surface area (Å²) >= 11 is 0. The Kier molecular flexibility index (Phi) is 3.05. The minimum atomic E-state index is -0.923. The molecule has 16 heavy (non-hydrogen) atoms. The molecule has 1 aromatic heterocycles. The normalized spacial score (nSPS) is 24.3. The molecule has 2 rings (SSSR count). The standard InChI is InChI=1S/C11H14N2O3/c14-10(9-4-7-13-16-9)12-8-11(15)5-2-1-3-6-11/h2,4-5,7,15H,1,3,6,8H2,(H,12,14). The van der Waals surface area contributed by atoms with E-state index in [0.717, 1.165) is 12.8 Å². The van der Waals surface area contributed by atoms with E-state index in [0.29, 0.717) is 6.42 Å². The molecule has 0 aliphatic heterocycles. The van der Waals surface area contributed by atoms with E-state index in [-0.39, 0.29) is 18.2 Å². The highest BCUT2D eigenvalue weighted by atomic mass is 16.5. The Morgan fingerprint density at radius 3 is 3.19 bits per heavy atom. The first-order valence-electron chi connectivity index (χ1n) is 5.29. The van der Waals surface area contributed by atoms with Gasteiger partial charge >= 0.3 is 0 Å². The number of nitrogens with one attached hydrogen (secondary N) is 1. The van der Waals surface area contributed by atoms with Crippen molar-refractivity contribution < 1.29 is 14.4 Å². The molecule has 0 saturated carbocycles. The maximum Gasteiger partial charge on any atom is 0.290 e. The number of rotatable bonds is 3. The van der Waals surface area contributed by atoms with Gasteiger partial charge < -0.3 is 14.9 Å². The third kappa shape index (κ3) is 2.49. The van der Waals surface area contributed by atoms with Crippen LogP contribution in [0.4, 0.5) is 0 Å². The lowest BCUT2D eigenvalue weighted by atomic mass is 9.91. The van der Waals surface area contributed by atoms with Crippen molar-refractivity contribution in [1.29, 1.82) is 0 Å². The van der Waals surface area contributed by atoms with Crippen LogP contribution >= 0.6 is 0 Å². The van der Waals surface area contributed by atoms with Crippen LogP contribution in [0.1, 0.15) is 29.8 Å². The van der Waals surface area contributed by atoms with Gasteiger partial charge in [-0.2, -0.15) is 0 Å². The summed E-state index contributed by atoms with van der Waals surface area (Å²) in [6, 6.07) is 1.48. The van der Waals surface area contributed by atoms with E-state index in [4.69, 9.17) is 4.52 Å². The van der Waals surface area contributed by atoms with Crippen LogP contribution in [0, 0.1) is 0 Å². The molecule has 5 heteroatoms. The van der Waals surface area contributed by atoms with Gasteiger partial charge in [-0.3, -0.25) is 4.79 Å². The van der Waals surface area contributed by atoms with E-state index in [1.165, 1.54) is 12.3 Å². The zero-order valence-corrected chi connectivity index (χ0v) is 8.85. The van der Waals surface area contributed by atoms with E-state index in [9.17, 15) is 9.90 Å². The molecule has 86 valence electrons. The van der Waals surface area contributed by atoms with Crippen molar-refractivity contribution in [3.05, 3.63) is 30.2 Å². The van der Waals surface area contributed by atoms with Crippen molar-refractivity contribution in [2.24, 2.45) is 0 Å². The predicted octanol–water partition coefficient (Wildman–Crippen LogP) is 0.876. The highest BCUT2D eigenvalue weighted by molar-refractivity contribution is 5.91. The molecule has 1 atom stereocenters. The maximum atomic E-state index is 11.5. The van der Waals surface area contributed by atoms with Crippen molar-refractivity contribution >= 4 is 5.91 Å². The molecular weight excluding hydrogens is 208 g/mol. The Morgan fingerprint density at radius 1 is 1.69 bits per heavy atom. The highest BCUT2D eigenvalue weighted by Crippen LogP contribution is 2.20. The second-order valence-corrected chi connectivity index (χ2v) is 3.96. The Hall–Kier alpha value is -1.62. The summed E-state index contributed by atoms with van der Waals surface area (Å²) < 4.78 is 4.71. The summed E-state index contributed by atoms with van der Waals surface area (Å²) in [5.74, 6) is -0.201. The molecule has 0 fully saturated rings. The summed E-state index contributed by atoms with van der Waals surface area (Å²) in [6.45, 7) is 0.197. The molecule has 5 nitrogen and oxygen atoms in total. The first kappa shape index (κ1) is 10.9. The molecule has 0 radical (unpaired) electrons. The van der Waals surface area contributed by atoms with Gasteiger partial charge in [-0.1, -0.05) is 17.3 Å². The Labute approximate surface area is 93.1 Å². The average molecular weight is 222 g/mol. The number of hydrogen-bond acceptors (Lipinski definition) is 4. The van der Waals surface area contributed by atoms with Gasteiger partial charge in [0.25, 0.3) is 5.91 Å². The fourth-order valence-electron chi connectivity index (χ4n) is 1.71. The summed E-state index contributed by atoms with van der Waals surface area (Å²) in [7, 11) is 0. The Morgan fingerprint density at radius 2 is 2.56 bits per heavy atom. The first-order chi connectivity index (χ1) is 7.70. The second-order valence-electron chi connectivity index (χ2n) is 3.96. The number of amides is 1. The average Bonchev–Trinajstić information content (AvgIpc) is 2.80. The number of aliphatic hydroxyl groups is 1. The van der Waals surface area contributed by atoms with Crippen molar-refractivity contribution in [2.75, 3.05) is 6.54 Å². The minimum absolute atomic E-state index is 0.156. The van der Waals surface area contributed by atoms with Crippen molar-refractivity contribution in [1.82, 2.24) is 10.5 Å². The van der Waals surface area contributed by atoms with Gasteiger partial charge in [0.2, 0.25) is 5.76 Å². The summed E-state index contributed by atoms with van der Waals surface area (Å²) in [5, 5.41) is 16.1. The Balaban J connectivity index is 1.90. The van der Waals surface area contributed by atoms with E-state index >= 15 is 0 Å². The summed E-state index contributed by atoms with van der Waals surface area (Å²) in [4.78, 5) is 11.5. The predicted molar refractivity (Wildman–Crippen MR) is 56.8 cm³/mol.